The van der Waals surface area contributed by atoms with Gasteiger partial charge in [0.25, 0.3) is 0 Å². The number of amides is 2. The molecule has 0 bridgehead atoms. The van der Waals surface area contributed by atoms with Gasteiger partial charge in [0.05, 0.1) is 19.3 Å². The molecule has 1 unspecified atom stereocenters. The summed E-state index contributed by atoms with van der Waals surface area (Å²) in [5.41, 5.74) is 0. The number of hydrogen-bond acceptors (Lipinski definition) is 5. The third kappa shape index (κ3) is 4.94. The third-order valence-corrected chi connectivity index (χ3v) is 4.00. The fourth-order valence-electron chi connectivity index (χ4n) is 2.75. The maximum atomic E-state index is 12.3. The van der Waals surface area contributed by atoms with E-state index in [-0.39, 0.29) is 17.9 Å². The van der Waals surface area contributed by atoms with Crippen LogP contribution in [0.4, 0.5) is 0 Å². The summed E-state index contributed by atoms with van der Waals surface area (Å²) < 4.78 is 5.64. The predicted molar refractivity (Wildman–Crippen MR) is 78.9 cm³/mol. The highest BCUT2D eigenvalue weighted by Gasteiger charge is 2.24. The van der Waals surface area contributed by atoms with Crippen LogP contribution in [0.5, 0.6) is 0 Å². The number of nitrogens with zero attached hydrogens (tertiary/aromatic N) is 3. The molecule has 0 saturated carbocycles. The molecule has 7 heteroatoms. The molecule has 2 saturated heterocycles. The fourth-order valence-corrected chi connectivity index (χ4v) is 2.75. The first-order valence-electron chi connectivity index (χ1n) is 7.60. The standard InChI is InChI=1S/C14H26N4O3/c1-12(19)17-4-6-18(7-5-17)14(20)11-16(2)10-13-9-15-3-8-21-13/h13,15H,3-11H2,1-2H3. The van der Waals surface area contributed by atoms with Gasteiger partial charge in [-0.15, -0.1) is 0 Å². The van der Waals surface area contributed by atoms with Crippen LogP contribution in [0, 0.1) is 0 Å². The molecule has 0 radical (unpaired) electrons. The molecule has 0 aromatic carbocycles. The number of nitrogens with one attached hydrogen (secondary N) is 1. The van der Waals surface area contributed by atoms with E-state index in [9.17, 15) is 9.59 Å². The van der Waals surface area contributed by atoms with E-state index in [4.69, 9.17) is 4.74 Å². The van der Waals surface area contributed by atoms with Gasteiger partial charge in [-0.3, -0.25) is 14.5 Å². The average molecular weight is 298 g/mol. The van der Waals surface area contributed by atoms with Crippen LogP contribution in [0.2, 0.25) is 0 Å². The molecule has 1 N–H and O–H groups in total. The zero-order valence-corrected chi connectivity index (χ0v) is 13.0. The number of carbonyl (C=O) groups is 2. The van der Waals surface area contributed by atoms with E-state index in [2.05, 4.69) is 5.32 Å². The van der Waals surface area contributed by atoms with E-state index in [1.54, 1.807) is 11.8 Å². The molecular weight excluding hydrogens is 272 g/mol. The molecule has 1 atom stereocenters. The summed E-state index contributed by atoms with van der Waals surface area (Å²) in [6.07, 6.45) is 0.158. The molecule has 2 amide bonds. The Bertz CT molecular complexity index is 363. The van der Waals surface area contributed by atoms with Crippen molar-refractivity contribution >= 4 is 11.8 Å². The lowest BCUT2D eigenvalue weighted by Crippen LogP contribution is -2.52. The number of piperazine rings is 1. The molecule has 21 heavy (non-hydrogen) atoms. The Morgan fingerprint density at radius 3 is 2.48 bits per heavy atom. The van der Waals surface area contributed by atoms with E-state index in [1.165, 1.54) is 0 Å². The number of morpholine rings is 1. The van der Waals surface area contributed by atoms with Crippen LogP contribution in [0.25, 0.3) is 0 Å². The summed E-state index contributed by atoms with van der Waals surface area (Å²) in [4.78, 5) is 29.2. The summed E-state index contributed by atoms with van der Waals surface area (Å²) in [7, 11) is 1.95. The van der Waals surface area contributed by atoms with E-state index in [0.29, 0.717) is 32.7 Å². The normalized spacial score (nSPS) is 23.5. The van der Waals surface area contributed by atoms with Crippen LogP contribution in [0.1, 0.15) is 6.92 Å². The van der Waals surface area contributed by atoms with Gasteiger partial charge in [0, 0.05) is 52.7 Å². The predicted octanol–water partition coefficient (Wildman–Crippen LogP) is -1.40. The minimum atomic E-state index is 0.0844. The molecule has 2 aliphatic heterocycles. The van der Waals surface area contributed by atoms with Gasteiger partial charge in [0.2, 0.25) is 11.8 Å². The highest BCUT2D eigenvalue weighted by molar-refractivity contribution is 5.79. The zero-order valence-electron chi connectivity index (χ0n) is 13.0. The monoisotopic (exact) mass is 298 g/mol. The molecule has 0 aliphatic carbocycles. The van der Waals surface area contributed by atoms with Gasteiger partial charge in [0.1, 0.15) is 0 Å². The van der Waals surface area contributed by atoms with Crippen molar-refractivity contribution in [2.24, 2.45) is 0 Å². The van der Waals surface area contributed by atoms with Crippen molar-refractivity contribution in [2.75, 3.05) is 66.0 Å². The smallest absolute Gasteiger partial charge is 0.236 e. The average Bonchev–Trinajstić information content (AvgIpc) is 2.48. The third-order valence-electron chi connectivity index (χ3n) is 4.00. The highest BCUT2D eigenvalue weighted by atomic mass is 16.5. The lowest BCUT2D eigenvalue weighted by molar-refractivity contribution is -0.139. The largest absolute Gasteiger partial charge is 0.374 e. The molecular formula is C14H26N4O3. The van der Waals surface area contributed by atoms with Gasteiger partial charge in [-0.2, -0.15) is 0 Å². The second-order valence-corrected chi connectivity index (χ2v) is 5.78. The van der Waals surface area contributed by atoms with Crippen LogP contribution in [-0.2, 0) is 14.3 Å². The molecule has 2 rings (SSSR count). The van der Waals surface area contributed by atoms with Crippen LogP contribution in [0.3, 0.4) is 0 Å². The number of carbonyl (C=O) groups excluding carboxylic acids is 2. The first-order chi connectivity index (χ1) is 10.1. The number of hydrogen-bond donors (Lipinski definition) is 1. The van der Waals surface area contributed by atoms with Gasteiger partial charge in [-0.1, -0.05) is 0 Å². The first kappa shape index (κ1) is 16.2. The van der Waals surface area contributed by atoms with Crippen molar-refractivity contribution in [3.63, 3.8) is 0 Å². The van der Waals surface area contributed by atoms with Crippen molar-refractivity contribution in [2.45, 2.75) is 13.0 Å². The van der Waals surface area contributed by atoms with Crippen molar-refractivity contribution in [1.29, 1.82) is 0 Å². The molecule has 2 fully saturated rings. The van der Waals surface area contributed by atoms with E-state index >= 15 is 0 Å². The van der Waals surface area contributed by atoms with Gasteiger partial charge in [-0.25, -0.2) is 0 Å². The molecule has 120 valence electrons. The lowest BCUT2D eigenvalue weighted by Gasteiger charge is -2.35. The molecule has 2 aliphatic rings. The Kier molecular flexibility index (Phi) is 5.96. The van der Waals surface area contributed by atoms with E-state index in [1.807, 2.05) is 16.8 Å². The Balaban J connectivity index is 1.70. The second-order valence-electron chi connectivity index (χ2n) is 5.78. The Hall–Kier alpha value is -1.18. The molecule has 0 aromatic heterocycles. The number of likely N-dealkylation sites (N-methyl/N-ethyl adjacent to an activating group) is 1. The minimum Gasteiger partial charge on any atom is -0.374 e. The van der Waals surface area contributed by atoms with E-state index in [0.717, 1.165) is 26.2 Å². The summed E-state index contributed by atoms with van der Waals surface area (Å²) in [5.74, 6) is 0.214. The summed E-state index contributed by atoms with van der Waals surface area (Å²) >= 11 is 0. The first-order valence-corrected chi connectivity index (χ1v) is 7.60. The molecule has 2 heterocycles. The molecule has 0 spiro atoms. The minimum absolute atomic E-state index is 0.0844. The Morgan fingerprint density at radius 2 is 1.90 bits per heavy atom. The lowest BCUT2D eigenvalue weighted by atomic mass is 10.2. The number of ether oxygens (including phenoxy) is 1. The molecule has 7 nitrogen and oxygen atoms in total. The van der Waals surface area contributed by atoms with Crippen LogP contribution in [0.15, 0.2) is 0 Å². The van der Waals surface area contributed by atoms with Crippen molar-refractivity contribution in [3.8, 4) is 0 Å². The topological polar surface area (TPSA) is 65.1 Å². The SMILES string of the molecule is CC(=O)N1CCN(C(=O)CN(C)CC2CNCCO2)CC1. The fraction of sp³-hybridized carbons (Fsp3) is 0.857. The summed E-state index contributed by atoms with van der Waals surface area (Å²) in [6, 6.07) is 0. The van der Waals surface area contributed by atoms with Crippen LogP contribution < -0.4 is 5.32 Å². The summed E-state index contributed by atoms with van der Waals surface area (Å²) in [5, 5.41) is 3.29. The van der Waals surface area contributed by atoms with Crippen LogP contribution in [-0.4, -0.2) is 98.6 Å². The quantitative estimate of drug-likeness (QED) is 0.691. The van der Waals surface area contributed by atoms with Gasteiger partial charge in [0.15, 0.2) is 0 Å². The Morgan fingerprint density at radius 1 is 1.24 bits per heavy atom. The maximum absolute atomic E-state index is 12.3. The second kappa shape index (κ2) is 7.72. The van der Waals surface area contributed by atoms with Crippen LogP contribution >= 0.6 is 0 Å². The summed E-state index contributed by atoms with van der Waals surface area (Å²) in [6.45, 7) is 7.76. The zero-order chi connectivity index (χ0) is 15.2. The van der Waals surface area contributed by atoms with Crippen molar-refractivity contribution < 1.29 is 14.3 Å². The Labute approximate surface area is 126 Å². The van der Waals surface area contributed by atoms with Crippen molar-refractivity contribution in [3.05, 3.63) is 0 Å². The highest BCUT2D eigenvalue weighted by Crippen LogP contribution is 2.04. The molecule has 0 aromatic rings. The van der Waals surface area contributed by atoms with Gasteiger partial charge >= 0.3 is 0 Å². The van der Waals surface area contributed by atoms with Crippen molar-refractivity contribution in [1.82, 2.24) is 20.0 Å². The van der Waals surface area contributed by atoms with Gasteiger partial charge < -0.3 is 19.9 Å². The van der Waals surface area contributed by atoms with E-state index < -0.39 is 0 Å². The van der Waals surface area contributed by atoms with Gasteiger partial charge in [-0.05, 0) is 7.05 Å². The maximum Gasteiger partial charge on any atom is 0.236 e. The number of rotatable bonds is 4.